The summed E-state index contributed by atoms with van der Waals surface area (Å²) in [7, 11) is 1.95. The van der Waals surface area contributed by atoms with E-state index in [9.17, 15) is 31.5 Å². The van der Waals surface area contributed by atoms with Gasteiger partial charge in [-0.2, -0.15) is 13.2 Å². The third-order valence-electron chi connectivity index (χ3n) is 3.47. The molecule has 10 heteroatoms. The van der Waals surface area contributed by atoms with E-state index in [1.807, 2.05) is 0 Å². The van der Waals surface area contributed by atoms with Gasteiger partial charge in [0, 0.05) is 12.3 Å². The Morgan fingerprint density at radius 1 is 1.00 bits per heavy atom. The van der Waals surface area contributed by atoms with E-state index in [0.29, 0.717) is 11.0 Å². The van der Waals surface area contributed by atoms with Crippen molar-refractivity contribution in [2.24, 2.45) is 0 Å². The number of nitrogens with zero attached hydrogens (tertiary/aromatic N) is 1. The van der Waals surface area contributed by atoms with Gasteiger partial charge in [0.25, 0.3) is 0 Å². The van der Waals surface area contributed by atoms with Gasteiger partial charge in [0.15, 0.2) is 5.82 Å². The van der Waals surface area contributed by atoms with Crippen LogP contribution in [0.25, 0.3) is 0 Å². The minimum Gasteiger partial charge on any atom is -0.465 e. The number of benzene rings is 1. The van der Waals surface area contributed by atoms with E-state index < -0.39 is 52.3 Å². The number of alkyl halides is 3. The van der Waals surface area contributed by atoms with Gasteiger partial charge in [-0.3, -0.25) is 0 Å². The van der Waals surface area contributed by atoms with Gasteiger partial charge >= 0.3 is 18.1 Å². The molecule has 0 fully saturated rings. The summed E-state index contributed by atoms with van der Waals surface area (Å²) in [6.07, 6.45) is -0.615. The first-order valence-corrected chi connectivity index (χ1v) is 7.23. The van der Waals surface area contributed by atoms with Crippen LogP contribution in [-0.4, -0.2) is 26.2 Å². The highest BCUT2D eigenvalue weighted by molar-refractivity contribution is 6.05. The Kier molecular flexibility index (Phi) is 5.67. The molecule has 0 aromatic heterocycles. The number of esters is 2. The minimum absolute atomic E-state index is 0.0125. The number of allylic oxidation sites excluding steroid dienone is 2. The maximum Gasteiger partial charge on any atom is 0.419 e. The lowest BCUT2D eigenvalue weighted by Crippen LogP contribution is -2.28. The van der Waals surface area contributed by atoms with Crippen LogP contribution in [0, 0.1) is 11.6 Å². The average molecular weight is 389 g/mol. The van der Waals surface area contributed by atoms with Gasteiger partial charge in [0.1, 0.15) is 11.5 Å². The van der Waals surface area contributed by atoms with Gasteiger partial charge in [0.2, 0.25) is 0 Å². The van der Waals surface area contributed by atoms with Gasteiger partial charge in [-0.1, -0.05) is 6.08 Å². The first-order valence-electron chi connectivity index (χ1n) is 7.23. The van der Waals surface area contributed by atoms with E-state index in [0.717, 1.165) is 26.5 Å². The van der Waals surface area contributed by atoms with Crippen molar-refractivity contribution < 1.29 is 41.0 Å². The fourth-order valence-electron chi connectivity index (χ4n) is 2.31. The van der Waals surface area contributed by atoms with Crippen molar-refractivity contribution in [2.45, 2.75) is 6.18 Å². The van der Waals surface area contributed by atoms with E-state index in [-0.39, 0.29) is 6.07 Å². The van der Waals surface area contributed by atoms with Gasteiger partial charge in [-0.15, -0.1) is 0 Å². The van der Waals surface area contributed by atoms with E-state index >= 15 is 0 Å². The standard InChI is InChI=1S/C17H12F5NO4/c1-26-15(24)10-5-3-4-6-23(14(10)16(25)27-2)12-8-9(18)7-11(13(12)19)17(20,21)22/h3-8H,1-2H3. The summed E-state index contributed by atoms with van der Waals surface area (Å²) in [6.45, 7) is 0. The molecule has 0 spiro atoms. The molecular weight excluding hydrogens is 377 g/mol. The van der Waals surface area contributed by atoms with Gasteiger partial charge < -0.3 is 14.4 Å². The van der Waals surface area contributed by atoms with Gasteiger partial charge in [-0.25, -0.2) is 18.4 Å². The van der Waals surface area contributed by atoms with Crippen molar-refractivity contribution in [3.8, 4) is 0 Å². The molecule has 5 nitrogen and oxygen atoms in total. The second kappa shape index (κ2) is 7.60. The van der Waals surface area contributed by atoms with Crippen LogP contribution in [0.5, 0.6) is 0 Å². The molecule has 2 rings (SSSR count). The fourth-order valence-corrected chi connectivity index (χ4v) is 2.31. The molecule has 0 aliphatic carbocycles. The highest BCUT2D eigenvalue weighted by atomic mass is 19.4. The topological polar surface area (TPSA) is 55.8 Å². The largest absolute Gasteiger partial charge is 0.465 e. The lowest BCUT2D eigenvalue weighted by molar-refractivity contribution is -0.140. The number of carbonyl (C=O) groups is 2. The summed E-state index contributed by atoms with van der Waals surface area (Å²) < 4.78 is 76.4. The average Bonchev–Trinajstić information content (AvgIpc) is 2.83. The lowest BCUT2D eigenvalue weighted by atomic mass is 10.1. The monoisotopic (exact) mass is 389 g/mol. The predicted octanol–water partition coefficient (Wildman–Crippen LogP) is 3.47. The second-order valence-corrected chi connectivity index (χ2v) is 5.10. The molecule has 0 radical (unpaired) electrons. The van der Waals surface area contributed by atoms with Crippen molar-refractivity contribution in [1.29, 1.82) is 0 Å². The van der Waals surface area contributed by atoms with Crippen LogP contribution < -0.4 is 4.90 Å². The van der Waals surface area contributed by atoms with Crippen molar-refractivity contribution in [3.63, 3.8) is 0 Å². The zero-order chi connectivity index (χ0) is 20.4. The molecule has 1 aliphatic rings. The third-order valence-corrected chi connectivity index (χ3v) is 3.47. The summed E-state index contributed by atoms with van der Waals surface area (Å²) in [4.78, 5) is 24.7. The smallest absolute Gasteiger partial charge is 0.419 e. The Labute approximate surface area is 150 Å². The van der Waals surface area contributed by atoms with Crippen LogP contribution in [0.3, 0.4) is 0 Å². The Hall–Kier alpha value is -3.17. The number of carbonyl (C=O) groups excluding carboxylic acids is 2. The molecule has 0 unspecified atom stereocenters. The van der Waals surface area contributed by atoms with Crippen LogP contribution in [-0.2, 0) is 25.2 Å². The van der Waals surface area contributed by atoms with Gasteiger partial charge in [0.05, 0.1) is 31.0 Å². The number of anilines is 1. The second-order valence-electron chi connectivity index (χ2n) is 5.10. The highest BCUT2D eigenvalue weighted by Crippen LogP contribution is 2.38. The summed E-state index contributed by atoms with van der Waals surface area (Å²) in [5.74, 6) is -5.44. The zero-order valence-electron chi connectivity index (χ0n) is 13.9. The van der Waals surface area contributed by atoms with Crippen LogP contribution in [0.15, 0.2) is 47.8 Å². The Bertz CT molecular complexity index is 871. The molecular formula is C17H12F5NO4. The summed E-state index contributed by atoms with van der Waals surface area (Å²) in [6, 6.07) is 0.444. The van der Waals surface area contributed by atoms with E-state index in [4.69, 9.17) is 0 Å². The molecule has 0 N–H and O–H groups in total. The quantitative estimate of drug-likeness (QED) is 0.585. The molecule has 1 heterocycles. The SMILES string of the molecule is COC(=O)C1=C(C(=O)OC)N(c2cc(F)cc(C(F)(F)F)c2F)C=CC=C1. The zero-order valence-corrected chi connectivity index (χ0v) is 13.9. The maximum absolute atomic E-state index is 14.5. The highest BCUT2D eigenvalue weighted by Gasteiger charge is 2.38. The number of rotatable bonds is 3. The lowest BCUT2D eigenvalue weighted by Gasteiger charge is -2.24. The molecule has 144 valence electrons. The molecule has 0 amide bonds. The van der Waals surface area contributed by atoms with Crippen molar-refractivity contribution in [3.05, 3.63) is 65.0 Å². The van der Waals surface area contributed by atoms with Crippen LogP contribution in [0.2, 0.25) is 0 Å². The first kappa shape index (κ1) is 20.1. The minimum atomic E-state index is -5.19. The van der Waals surface area contributed by atoms with Crippen LogP contribution in [0.4, 0.5) is 27.6 Å². The summed E-state index contributed by atoms with van der Waals surface area (Å²) >= 11 is 0. The van der Waals surface area contributed by atoms with Gasteiger partial charge in [-0.05, 0) is 18.2 Å². The predicted molar refractivity (Wildman–Crippen MR) is 83.2 cm³/mol. The normalized spacial score (nSPS) is 14.3. The van der Waals surface area contributed by atoms with Crippen molar-refractivity contribution in [1.82, 2.24) is 0 Å². The Balaban J connectivity index is 2.81. The maximum atomic E-state index is 14.5. The van der Waals surface area contributed by atoms with Crippen LogP contribution in [0.1, 0.15) is 5.56 Å². The third kappa shape index (κ3) is 3.99. The number of hydrogen-bond donors (Lipinski definition) is 0. The summed E-state index contributed by atoms with van der Waals surface area (Å²) in [5.41, 5.74) is -3.88. The van der Waals surface area contributed by atoms with Crippen LogP contribution >= 0.6 is 0 Å². The molecule has 1 aliphatic heterocycles. The van der Waals surface area contributed by atoms with Crippen molar-refractivity contribution in [2.75, 3.05) is 19.1 Å². The number of halogens is 5. The molecule has 1 aromatic carbocycles. The summed E-state index contributed by atoms with van der Waals surface area (Å²) in [5, 5.41) is 0. The molecule has 0 saturated heterocycles. The molecule has 27 heavy (non-hydrogen) atoms. The van der Waals surface area contributed by atoms with E-state index in [1.54, 1.807) is 0 Å². The Morgan fingerprint density at radius 2 is 1.63 bits per heavy atom. The molecule has 0 saturated carbocycles. The molecule has 0 bridgehead atoms. The Morgan fingerprint density at radius 3 is 2.19 bits per heavy atom. The number of hydrogen-bond acceptors (Lipinski definition) is 5. The van der Waals surface area contributed by atoms with E-state index in [2.05, 4.69) is 9.47 Å². The number of ether oxygens (including phenoxy) is 2. The molecule has 1 aromatic rings. The van der Waals surface area contributed by atoms with Crippen molar-refractivity contribution >= 4 is 17.6 Å². The fraction of sp³-hybridized carbons (Fsp3) is 0.176. The first-order chi connectivity index (χ1) is 12.6. The molecule has 0 atom stereocenters. The van der Waals surface area contributed by atoms with E-state index in [1.165, 1.54) is 12.2 Å². The number of methoxy groups -OCH3 is 2.